The zero-order chi connectivity index (χ0) is 15.2. The van der Waals surface area contributed by atoms with E-state index in [4.69, 9.17) is 15.7 Å². The third kappa shape index (κ3) is 3.79. The van der Waals surface area contributed by atoms with Crippen LogP contribution in [0.2, 0.25) is 0 Å². The van der Waals surface area contributed by atoms with Gasteiger partial charge in [0.1, 0.15) is 6.61 Å². The van der Waals surface area contributed by atoms with Crippen LogP contribution in [0.3, 0.4) is 0 Å². The van der Waals surface area contributed by atoms with Crippen molar-refractivity contribution < 1.29 is 29.1 Å². The van der Waals surface area contributed by atoms with Gasteiger partial charge in [0.25, 0.3) is 0 Å². The molecule has 0 aliphatic carbocycles. The molecule has 1 aromatic carbocycles. The molecule has 3 N–H and O–H groups in total. The second kappa shape index (κ2) is 6.67. The molecule has 0 spiro atoms. The molecular weight excluding hydrogens is 266 g/mol. The third-order valence-corrected chi connectivity index (χ3v) is 2.73. The Kier molecular flexibility index (Phi) is 5.22. The zero-order valence-corrected chi connectivity index (χ0v) is 10.9. The van der Waals surface area contributed by atoms with Crippen LogP contribution in [0.25, 0.3) is 0 Å². The van der Waals surface area contributed by atoms with Crippen molar-refractivity contribution in [1.82, 2.24) is 0 Å². The quantitative estimate of drug-likeness (QED) is 0.446. The Labute approximate surface area is 115 Å². The highest BCUT2D eigenvalue weighted by molar-refractivity contribution is 6.02. The van der Waals surface area contributed by atoms with E-state index in [0.717, 1.165) is 6.92 Å². The van der Waals surface area contributed by atoms with Gasteiger partial charge < -0.3 is 14.7 Å². The van der Waals surface area contributed by atoms with Crippen LogP contribution in [0.1, 0.15) is 18.9 Å². The molecule has 0 aliphatic rings. The van der Waals surface area contributed by atoms with Crippen LogP contribution < -0.4 is 5.90 Å². The number of aliphatic carboxylic acids is 1. The van der Waals surface area contributed by atoms with Gasteiger partial charge in [-0.05, 0) is 12.5 Å². The molecule has 0 fully saturated rings. The first-order valence-corrected chi connectivity index (χ1v) is 5.74. The number of hydrogen-bond acceptors (Lipinski definition) is 6. The molecule has 1 rings (SSSR count). The lowest BCUT2D eigenvalue weighted by Crippen LogP contribution is -2.42. The molecule has 20 heavy (non-hydrogen) atoms. The van der Waals surface area contributed by atoms with Crippen LogP contribution >= 0.6 is 0 Å². The summed E-state index contributed by atoms with van der Waals surface area (Å²) >= 11 is 0. The Hall–Kier alpha value is -2.41. The fraction of sp³-hybridized carbons (Fsp3) is 0.308. The fourth-order valence-electron chi connectivity index (χ4n) is 1.54. The first-order chi connectivity index (χ1) is 9.40. The van der Waals surface area contributed by atoms with E-state index in [1.165, 1.54) is 0 Å². The summed E-state index contributed by atoms with van der Waals surface area (Å²) in [5.74, 6) is 1.23. The van der Waals surface area contributed by atoms with E-state index in [1.54, 1.807) is 30.3 Å². The second-order valence-corrected chi connectivity index (χ2v) is 4.37. The topological polar surface area (TPSA) is 116 Å². The lowest BCUT2D eigenvalue weighted by molar-refractivity contribution is -0.176. The summed E-state index contributed by atoms with van der Waals surface area (Å²) in [6, 6.07) is 8.76. The minimum atomic E-state index is -1.98. The van der Waals surface area contributed by atoms with Gasteiger partial charge in [-0.3, -0.25) is 9.59 Å². The minimum absolute atomic E-state index is 0.0767. The maximum Gasteiger partial charge on any atom is 0.342 e. The minimum Gasteiger partial charge on any atom is -0.481 e. The molecule has 0 bridgehead atoms. The fourth-order valence-corrected chi connectivity index (χ4v) is 1.54. The number of carboxylic acids is 1. The number of benzene rings is 1. The summed E-state index contributed by atoms with van der Waals surface area (Å²) in [5.41, 5.74) is -1.27. The molecular formula is C13H15NO6. The largest absolute Gasteiger partial charge is 0.481 e. The maximum absolute atomic E-state index is 11.9. The monoisotopic (exact) mass is 281 g/mol. The molecule has 0 amide bonds. The SMILES string of the molecule is CC(CC(=O)O)(C(=O)ON)C(=O)OCc1ccccc1. The normalized spacial score (nSPS) is 13.1. The van der Waals surface area contributed by atoms with Crippen molar-refractivity contribution in [3.8, 4) is 0 Å². The number of esters is 1. The Bertz CT molecular complexity index is 501. The molecule has 0 aliphatic heterocycles. The Morgan fingerprint density at radius 2 is 1.80 bits per heavy atom. The number of nitrogens with two attached hydrogens (primary N) is 1. The smallest absolute Gasteiger partial charge is 0.342 e. The van der Waals surface area contributed by atoms with Gasteiger partial charge in [-0.2, -0.15) is 5.90 Å². The van der Waals surface area contributed by atoms with Crippen molar-refractivity contribution in [3.05, 3.63) is 35.9 Å². The maximum atomic E-state index is 11.9. The summed E-state index contributed by atoms with van der Waals surface area (Å²) in [6.45, 7) is 1.04. The van der Waals surface area contributed by atoms with Crippen LogP contribution in [0.4, 0.5) is 0 Å². The highest BCUT2D eigenvalue weighted by Gasteiger charge is 2.46. The predicted octanol–water partition coefficient (Wildman–Crippen LogP) is 0.628. The standard InChI is InChI=1S/C13H15NO6/c1-13(7-10(15)16,12(18)20-14)11(17)19-8-9-5-3-2-4-6-9/h2-6H,7-8,14H2,1H3,(H,15,16). The van der Waals surface area contributed by atoms with Crippen molar-refractivity contribution in [2.45, 2.75) is 20.0 Å². The second-order valence-electron chi connectivity index (χ2n) is 4.37. The van der Waals surface area contributed by atoms with E-state index >= 15 is 0 Å². The number of hydrogen-bond donors (Lipinski definition) is 2. The number of carbonyl (C=O) groups is 3. The van der Waals surface area contributed by atoms with Gasteiger partial charge in [-0.25, -0.2) is 4.79 Å². The molecule has 0 heterocycles. The molecule has 1 aromatic rings. The molecule has 0 radical (unpaired) electrons. The molecule has 108 valence electrons. The molecule has 1 atom stereocenters. The number of rotatable bonds is 6. The summed E-state index contributed by atoms with van der Waals surface area (Å²) in [7, 11) is 0. The van der Waals surface area contributed by atoms with Gasteiger partial charge >= 0.3 is 17.9 Å². The van der Waals surface area contributed by atoms with E-state index in [9.17, 15) is 14.4 Å². The number of carboxylic acid groups (broad SMARTS) is 1. The lowest BCUT2D eigenvalue weighted by Gasteiger charge is -2.22. The van der Waals surface area contributed by atoms with Crippen molar-refractivity contribution in [2.75, 3.05) is 0 Å². The van der Waals surface area contributed by atoms with Gasteiger partial charge in [-0.15, -0.1) is 0 Å². The van der Waals surface area contributed by atoms with Crippen LogP contribution in [-0.4, -0.2) is 23.0 Å². The Morgan fingerprint density at radius 3 is 2.30 bits per heavy atom. The van der Waals surface area contributed by atoms with Gasteiger partial charge in [0.05, 0.1) is 6.42 Å². The molecule has 0 saturated heterocycles. The zero-order valence-electron chi connectivity index (χ0n) is 10.9. The average molecular weight is 281 g/mol. The summed E-state index contributed by atoms with van der Waals surface area (Å²) < 4.78 is 4.96. The summed E-state index contributed by atoms with van der Waals surface area (Å²) in [4.78, 5) is 38.2. The molecule has 7 heteroatoms. The number of carbonyl (C=O) groups excluding carboxylic acids is 2. The van der Waals surface area contributed by atoms with Gasteiger partial charge in [0.2, 0.25) is 0 Å². The van der Waals surface area contributed by atoms with Crippen LogP contribution in [0.15, 0.2) is 30.3 Å². The molecule has 0 aromatic heterocycles. The van der Waals surface area contributed by atoms with Crippen molar-refractivity contribution in [2.24, 2.45) is 11.3 Å². The van der Waals surface area contributed by atoms with E-state index in [0.29, 0.717) is 5.56 Å². The average Bonchev–Trinajstić information content (AvgIpc) is 2.43. The summed E-state index contributed by atoms with van der Waals surface area (Å²) in [5, 5.41) is 8.77. The van der Waals surface area contributed by atoms with Gasteiger partial charge in [0, 0.05) is 0 Å². The van der Waals surface area contributed by atoms with E-state index < -0.39 is 29.7 Å². The van der Waals surface area contributed by atoms with Crippen LogP contribution in [0.5, 0.6) is 0 Å². The van der Waals surface area contributed by atoms with Crippen molar-refractivity contribution in [3.63, 3.8) is 0 Å². The number of ether oxygens (including phenoxy) is 1. The van der Waals surface area contributed by atoms with Crippen molar-refractivity contribution in [1.29, 1.82) is 0 Å². The van der Waals surface area contributed by atoms with Gasteiger partial charge in [-0.1, -0.05) is 30.3 Å². The Morgan fingerprint density at radius 1 is 1.20 bits per heavy atom. The van der Waals surface area contributed by atoms with E-state index in [1.807, 2.05) is 0 Å². The van der Waals surface area contributed by atoms with Crippen molar-refractivity contribution >= 4 is 17.9 Å². The first-order valence-electron chi connectivity index (χ1n) is 5.74. The Balaban J connectivity index is 2.78. The first kappa shape index (κ1) is 15.6. The molecule has 7 nitrogen and oxygen atoms in total. The highest BCUT2D eigenvalue weighted by Crippen LogP contribution is 2.25. The highest BCUT2D eigenvalue weighted by atomic mass is 16.7. The molecule has 0 saturated carbocycles. The van der Waals surface area contributed by atoms with Crippen LogP contribution in [0, 0.1) is 5.41 Å². The third-order valence-electron chi connectivity index (χ3n) is 2.73. The molecule has 1 unspecified atom stereocenters. The van der Waals surface area contributed by atoms with Gasteiger partial charge in [0.15, 0.2) is 5.41 Å². The van der Waals surface area contributed by atoms with E-state index in [-0.39, 0.29) is 6.61 Å². The summed E-state index contributed by atoms with van der Waals surface area (Å²) in [6.07, 6.45) is -0.767. The van der Waals surface area contributed by atoms with Crippen LogP contribution in [-0.2, 0) is 30.6 Å². The predicted molar refractivity (Wildman–Crippen MR) is 66.9 cm³/mol. The lowest BCUT2D eigenvalue weighted by atomic mass is 9.87. The van der Waals surface area contributed by atoms with E-state index in [2.05, 4.69) is 4.84 Å².